The number of nitro groups is 1. The number of anilines is 1. The zero-order valence-corrected chi connectivity index (χ0v) is 14.9. The van der Waals surface area contributed by atoms with Gasteiger partial charge in [0, 0.05) is 30.4 Å². The van der Waals surface area contributed by atoms with Crippen molar-refractivity contribution in [2.45, 2.75) is 12.8 Å². The molecule has 2 aromatic rings. The SMILES string of the molecule is O=C(C=Cc1ccc(F)cc1[N+](=O)[O-])Nc1ccc(C(=O)N2CCCC2)cc1. The summed E-state index contributed by atoms with van der Waals surface area (Å²) in [6, 6.07) is 9.64. The van der Waals surface area contributed by atoms with E-state index < -0.39 is 22.3 Å². The molecule has 8 heteroatoms. The first-order chi connectivity index (χ1) is 13.4. The van der Waals surface area contributed by atoms with Crippen LogP contribution < -0.4 is 5.32 Å². The summed E-state index contributed by atoms with van der Waals surface area (Å²) in [6.45, 7) is 1.52. The predicted octanol–water partition coefficient (Wildman–Crippen LogP) is 3.62. The number of carbonyl (C=O) groups excluding carboxylic acids is 2. The second-order valence-electron chi connectivity index (χ2n) is 6.36. The first-order valence-electron chi connectivity index (χ1n) is 8.76. The maximum atomic E-state index is 13.1. The number of likely N-dealkylation sites (tertiary alicyclic amines) is 1. The summed E-state index contributed by atoms with van der Waals surface area (Å²) in [5, 5.41) is 13.6. The molecular formula is C20H18FN3O4. The van der Waals surface area contributed by atoms with Gasteiger partial charge in [-0.3, -0.25) is 19.7 Å². The summed E-state index contributed by atoms with van der Waals surface area (Å²) in [6.07, 6.45) is 4.40. The van der Waals surface area contributed by atoms with Crippen molar-refractivity contribution in [2.24, 2.45) is 0 Å². The maximum Gasteiger partial charge on any atom is 0.279 e. The van der Waals surface area contributed by atoms with Crippen LogP contribution in [0.15, 0.2) is 48.5 Å². The lowest BCUT2D eigenvalue weighted by atomic mass is 10.1. The minimum absolute atomic E-state index is 0.0288. The van der Waals surface area contributed by atoms with Crippen molar-refractivity contribution in [3.8, 4) is 0 Å². The lowest BCUT2D eigenvalue weighted by molar-refractivity contribution is -0.385. The van der Waals surface area contributed by atoms with Crippen molar-refractivity contribution in [1.82, 2.24) is 4.90 Å². The number of rotatable bonds is 5. The number of amides is 2. The molecule has 0 unspecified atom stereocenters. The molecule has 2 aromatic carbocycles. The van der Waals surface area contributed by atoms with Gasteiger partial charge in [0.1, 0.15) is 5.82 Å². The van der Waals surface area contributed by atoms with Crippen molar-refractivity contribution in [3.63, 3.8) is 0 Å². The van der Waals surface area contributed by atoms with E-state index in [1.54, 1.807) is 29.2 Å². The van der Waals surface area contributed by atoms with E-state index >= 15 is 0 Å². The van der Waals surface area contributed by atoms with Gasteiger partial charge in [0.2, 0.25) is 5.91 Å². The molecule has 0 spiro atoms. The quantitative estimate of drug-likeness (QED) is 0.485. The van der Waals surface area contributed by atoms with Crippen LogP contribution in [0.3, 0.4) is 0 Å². The van der Waals surface area contributed by atoms with Gasteiger partial charge in [-0.05, 0) is 55.3 Å². The molecule has 1 fully saturated rings. The highest BCUT2D eigenvalue weighted by atomic mass is 19.1. The molecule has 2 amide bonds. The number of benzene rings is 2. The van der Waals surface area contributed by atoms with Crippen LogP contribution in [0.2, 0.25) is 0 Å². The minimum Gasteiger partial charge on any atom is -0.339 e. The Hall–Kier alpha value is -3.55. The Kier molecular flexibility index (Phi) is 5.78. The van der Waals surface area contributed by atoms with E-state index in [1.807, 2.05) is 0 Å². The Labute approximate surface area is 160 Å². The average Bonchev–Trinajstić information content (AvgIpc) is 3.21. The molecule has 0 atom stereocenters. The lowest BCUT2D eigenvalue weighted by Crippen LogP contribution is -2.27. The van der Waals surface area contributed by atoms with Gasteiger partial charge in [-0.15, -0.1) is 0 Å². The fraction of sp³-hybridized carbons (Fsp3) is 0.200. The standard InChI is InChI=1S/C20H18FN3O4/c21-16-7-3-14(18(13-16)24(27)28)6-10-19(25)22-17-8-4-15(5-9-17)20(26)23-11-1-2-12-23/h3-10,13H,1-2,11-12H2,(H,22,25). The topological polar surface area (TPSA) is 92.5 Å². The molecule has 1 heterocycles. The van der Waals surface area contributed by atoms with Crippen molar-refractivity contribution in [2.75, 3.05) is 18.4 Å². The third-order valence-electron chi connectivity index (χ3n) is 4.40. The van der Waals surface area contributed by atoms with Gasteiger partial charge >= 0.3 is 0 Å². The number of hydrogen-bond acceptors (Lipinski definition) is 4. The highest BCUT2D eigenvalue weighted by Gasteiger charge is 2.19. The summed E-state index contributed by atoms with van der Waals surface area (Å²) >= 11 is 0. The van der Waals surface area contributed by atoms with Crippen LogP contribution in [0, 0.1) is 15.9 Å². The molecule has 1 saturated heterocycles. The fourth-order valence-electron chi connectivity index (χ4n) is 2.96. The molecule has 0 aliphatic carbocycles. The molecule has 1 aliphatic heterocycles. The zero-order chi connectivity index (χ0) is 20.1. The maximum absolute atomic E-state index is 13.1. The van der Waals surface area contributed by atoms with Crippen LogP contribution >= 0.6 is 0 Å². The van der Waals surface area contributed by atoms with Gasteiger partial charge in [-0.1, -0.05) is 0 Å². The average molecular weight is 383 g/mol. The molecular weight excluding hydrogens is 365 g/mol. The summed E-state index contributed by atoms with van der Waals surface area (Å²) in [5.41, 5.74) is 0.737. The number of nitrogens with zero attached hydrogens (tertiary/aromatic N) is 2. The number of hydrogen-bond donors (Lipinski definition) is 1. The summed E-state index contributed by atoms with van der Waals surface area (Å²) < 4.78 is 13.1. The van der Waals surface area contributed by atoms with E-state index in [9.17, 15) is 24.1 Å². The van der Waals surface area contributed by atoms with E-state index in [0.29, 0.717) is 11.3 Å². The van der Waals surface area contributed by atoms with Crippen LogP contribution in [-0.2, 0) is 4.79 Å². The Morgan fingerprint density at radius 1 is 1.11 bits per heavy atom. The Balaban J connectivity index is 1.64. The van der Waals surface area contributed by atoms with E-state index in [-0.39, 0.29) is 11.5 Å². The number of halogens is 1. The summed E-state index contributed by atoms with van der Waals surface area (Å²) in [4.78, 5) is 36.4. The molecule has 7 nitrogen and oxygen atoms in total. The monoisotopic (exact) mass is 383 g/mol. The number of nitro benzene ring substituents is 1. The largest absolute Gasteiger partial charge is 0.339 e. The molecule has 3 rings (SSSR count). The van der Waals surface area contributed by atoms with Crippen molar-refractivity contribution >= 4 is 29.3 Å². The predicted molar refractivity (Wildman–Crippen MR) is 102 cm³/mol. The van der Waals surface area contributed by atoms with Crippen molar-refractivity contribution in [1.29, 1.82) is 0 Å². The van der Waals surface area contributed by atoms with Crippen molar-refractivity contribution < 1.29 is 18.9 Å². The van der Waals surface area contributed by atoms with Crippen LogP contribution in [-0.4, -0.2) is 34.7 Å². The fourth-order valence-corrected chi connectivity index (χ4v) is 2.96. The van der Waals surface area contributed by atoms with E-state index in [2.05, 4.69) is 5.32 Å². The van der Waals surface area contributed by atoms with Crippen LogP contribution in [0.5, 0.6) is 0 Å². The van der Waals surface area contributed by atoms with Gasteiger partial charge in [0.05, 0.1) is 16.6 Å². The molecule has 0 bridgehead atoms. The third-order valence-corrected chi connectivity index (χ3v) is 4.40. The van der Waals surface area contributed by atoms with E-state index in [1.165, 1.54) is 12.1 Å². The van der Waals surface area contributed by atoms with Gasteiger partial charge < -0.3 is 10.2 Å². The molecule has 28 heavy (non-hydrogen) atoms. The summed E-state index contributed by atoms with van der Waals surface area (Å²) in [5.74, 6) is -1.26. The molecule has 0 saturated carbocycles. The Morgan fingerprint density at radius 3 is 2.43 bits per heavy atom. The molecule has 1 N–H and O–H groups in total. The number of nitrogens with one attached hydrogen (secondary N) is 1. The lowest BCUT2D eigenvalue weighted by Gasteiger charge is -2.15. The van der Waals surface area contributed by atoms with Gasteiger partial charge in [0.25, 0.3) is 11.6 Å². The van der Waals surface area contributed by atoms with Gasteiger partial charge in [-0.2, -0.15) is 0 Å². The normalized spacial score (nSPS) is 13.7. The highest BCUT2D eigenvalue weighted by molar-refractivity contribution is 6.02. The third kappa shape index (κ3) is 4.59. The van der Waals surface area contributed by atoms with Crippen molar-refractivity contribution in [3.05, 3.63) is 75.6 Å². The smallest absolute Gasteiger partial charge is 0.279 e. The zero-order valence-electron chi connectivity index (χ0n) is 14.9. The first-order valence-corrected chi connectivity index (χ1v) is 8.76. The van der Waals surface area contributed by atoms with Crippen LogP contribution in [0.25, 0.3) is 6.08 Å². The second kappa shape index (κ2) is 8.43. The van der Waals surface area contributed by atoms with Gasteiger partial charge in [-0.25, -0.2) is 4.39 Å². The summed E-state index contributed by atoms with van der Waals surface area (Å²) in [7, 11) is 0. The Morgan fingerprint density at radius 2 is 1.79 bits per heavy atom. The number of carbonyl (C=O) groups is 2. The molecule has 1 aliphatic rings. The Bertz CT molecular complexity index is 935. The van der Waals surface area contributed by atoms with Crippen LogP contribution in [0.1, 0.15) is 28.8 Å². The van der Waals surface area contributed by atoms with E-state index in [0.717, 1.165) is 44.1 Å². The van der Waals surface area contributed by atoms with Gasteiger partial charge in [0.15, 0.2) is 0 Å². The minimum atomic E-state index is -0.725. The molecule has 0 radical (unpaired) electrons. The first kappa shape index (κ1) is 19.2. The molecule has 144 valence electrons. The molecule has 0 aromatic heterocycles. The highest BCUT2D eigenvalue weighted by Crippen LogP contribution is 2.21. The second-order valence-corrected chi connectivity index (χ2v) is 6.36. The van der Waals surface area contributed by atoms with E-state index in [4.69, 9.17) is 0 Å². The van der Waals surface area contributed by atoms with Crippen LogP contribution in [0.4, 0.5) is 15.8 Å².